The number of aromatic nitrogens is 1. The van der Waals surface area contributed by atoms with Crippen LogP contribution in [0.1, 0.15) is 48.3 Å². The maximum atomic E-state index is 14.9. The largest absolute Gasteiger partial charge is 0.441 e. The van der Waals surface area contributed by atoms with Crippen molar-refractivity contribution in [1.82, 2.24) is 4.98 Å². The van der Waals surface area contributed by atoms with Crippen molar-refractivity contribution in [3.63, 3.8) is 0 Å². The second kappa shape index (κ2) is 10.2. The van der Waals surface area contributed by atoms with Crippen LogP contribution >= 0.6 is 18.2 Å². The summed E-state index contributed by atoms with van der Waals surface area (Å²) in [5.74, 6) is -0.279. The Hall–Kier alpha value is -2.47. The van der Waals surface area contributed by atoms with Gasteiger partial charge in [0.2, 0.25) is 0 Å². The number of halogens is 1. The summed E-state index contributed by atoms with van der Waals surface area (Å²) in [6.45, 7) is 0.191. The van der Waals surface area contributed by atoms with Crippen LogP contribution in [-0.2, 0) is 15.5 Å². The number of Topliss-reactive ketones (excluding diaryl/α,β-unsaturated/α-hetero) is 1. The number of hydrogen-bond donors (Lipinski definition) is 0. The molecule has 0 N–H and O–H groups in total. The number of carbonyl (C=O) groups excluding carboxylic acids is 1. The molecule has 0 saturated carbocycles. The number of nitrogens with zero attached hydrogens (tertiary/aromatic N) is 1. The number of ketones is 1. The third-order valence-electron chi connectivity index (χ3n) is 5.12. The molecule has 0 bridgehead atoms. The first kappa shape index (κ1) is 23.7. The first-order valence-electron chi connectivity index (χ1n) is 11.0. The molecule has 5 nitrogen and oxygen atoms in total. The highest BCUT2D eigenvalue weighted by Crippen LogP contribution is 2.61. The maximum absolute atomic E-state index is 14.9. The zero-order chi connectivity index (χ0) is 23.4. The second-order valence-corrected chi connectivity index (χ2v) is 11.8. The van der Waals surface area contributed by atoms with Gasteiger partial charge in [0.05, 0.1) is 11.1 Å². The molecule has 2 aromatic carbocycles. The molecule has 0 aliphatic heterocycles. The topological polar surface area (TPSA) is 65.5 Å². The molecule has 8 heteroatoms. The lowest BCUT2D eigenvalue weighted by Crippen LogP contribution is -2.26. The highest BCUT2D eigenvalue weighted by Gasteiger charge is 2.38. The Morgan fingerprint density at radius 3 is 2.70 bits per heavy atom. The van der Waals surface area contributed by atoms with Gasteiger partial charge in [-0.1, -0.05) is 50.6 Å². The lowest BCUT2D eigenvalue weighted by Gasteiger charge is -2.25. The minimum atomic E-state index is -3.82. The van der Waals surface area contributed by atoms with Crippen molar-refractivity contribution < 1.29 is 22.8 Å². The molecule has 1 aliphatic carbocycles. The number of para-hydroxylation sites is 1. The molecule has 33 heavy (non-hydrogen) atoms. The fourth-order valence-corrected chi connectivity index (χ4v) is 7.07. The van der Waals surface area contributed by atoms with Gasteiger partial charge in [-0.25, -0.2) is 13.9 Å². The quantitative estimate of drug-likeness (QED) is 0.294. The number of rotatable bonds is 9. The van der Waals surface area contributed by atoms with Gasteiger partial charge in [-0.15, -0.1) is 0 Å². The third-order valence-corrected chi connectivity index (χ3v) is 8.93. The molecule has 1 aliphatic rings. The molecule has 1 heterocycles. The summed E-state index contributed by atoms with van der Waals surface area (Å²) in [5.41, 5.74) is 1.72. The Balaban J connectivity index is 1.64. The summed E-state index contributed by atoms with van der Waals surface area (Å²) >= 11 is 1.01. The SMILES string of the molecule is CCCSP(=O)(Oc1cccc(CCC)c1)OC1C=C(F)c2nc3ccccc3cc2C1=O. The molecular weight excluding hydrogens is 460 g/mol. The van der Waals surface area contributed by atoms with E-state index in [0.717, 1.165) is 42.3 Å². The summed E-state index contributed by atoms with van der Waals surface area (Å²) in [4.78, 5) is 17.5. The van der Waals surface area contributed by atoms with Crippen LogP contribution in [0, 0.1) is 0 Å². The van der Waals surface area contributed by atoms with Crippen molar-refractivity contribution in [3.05, 3.63) is 77.5 Å². The van der Waals surface area contributed by atoms with Crippen LogP contribution < -0.4 is 4.52 Å². The fraction of sp³-hybridized carbons (Fsp3) is 0.280. The molecule has 2 unspecified atom stereocenters. The molecule has 3 aromatic rings. The lowest BCUT2D eigenvalue weighted by molar-refractivity contribution is 0.0839. The van der Waals surface area contributed by atoms with Crippen LogP contribution in [0.5, 0.6) is 5.75 Å². The molecule has 4 rings (SSSR count). The Bertz CT molecular complexity index is 1260. The van der Waals surface area contributed by atoms with Crippen molar-refractivity contribution in [1.29, 1.82) is 0 Å². The average molecular weight is 486 g/mol. The van der Waals surface area contributed by atoms with E-state index in [9.17, 15) is 13.8 Å². The van der Waals surface area contributed by atoms with Crippen LogP contribution in [0.25, 0.3) is 16.7 Å². The number of carbonyl (C=O) groups is 1. The normalized spacial score (nSPS) is 17.4. The van der Waals surface area contributed by atoms with Gasteiger partial charge in [-0.3, -0.25) is 9.32 Å². The van der Waals surface area contributed by atoms with Crippen LogP contribution in [-0.4, -0.2) is 22.6 Å². The number of pyridine rings is 1. The van der Waals surface area contributed by atoms with Gasteiger partial charge < -0.3 is 4.52 Å². The lowest BCUT2D eigenvalue weighted by atomic mass is 9.96. The van der Waals surface area contributed by atoms with E-state index in [0.29, 0.717) is 22.4 Å². The number of fused-ring (bicyclic) bond motifs is 2. The average Bonchev–Trinajstić information content (AvgIpc) is 2.80. The summed E-state index contributed by atoms with van der Waals surface area (Å²) in [7, 11) is 0. The zero-order valence-corrected chi connectivity index (χ0v) is 20.2. The van der Waals surface area contributed by atoms with Crippen LogP contribution in [0.3, 0.4) is 0 Å². The van der Waals surface area contributed by atoms with Crippen molar-refractivity contribution in [3.8, 4) is 5.75 Å². The van der Waals surface area contributed by atoms with Crippen LogP contribution in [0.4, 0.5) is 4.39 Å². The minimum absolute atomic E-state index is 0.0252. The molecule has 172 valence electrons. The van der Waals surface area contributed by atoms with E-state index in [4.69, 9.17) is 9.05 Å². The van der Waals surface area contributed by atoms with Gasteiger partial charge in [0.25, 0.3) is 0 Å². The van der Waals surface area contributed by atoms with Gasteiger partial charge in [0.15, 0.2) is 11.9 Å². The van der Waals surface area contributed by atoms with Crippen molar-refractivity contribution in [2.45, 2.75) is 39.2 Å². The number of benzene rings is 2. The van der Waals surface area contributed by atoms with Gasteiger partial charge in [0, 0.05) is 11.1 Å². The predicted molar refractivity (Wildman–Crippen MR) is 131 cm³/mol. The first-order valence-corrected chi connectivity index (χ1v) is 14.1. The standard InChI is InChI=1S/C25H25FNO4PS/c1-3-8-17-9-7-11-19(14-17)30-32(29,33-13-4-2)31-23-16-21(26)24-20(25(23)28)15-18-10-5-6-12-22(18)27-24/h5-7,9-12,14-16,23H,3-4,8,13H2,1-2H3. The van der Waals surface area contributed by atoms with Gasteiger partial charge in [-0.2, -0.15) is 0 Å². The van der Waals surface area contributed by atoms with E-state index in [1.165, 1.54) is 0 Å². The van der Waals surface area contributed by atoms with Crippen LogP contribution in [0.2, 0.25) is 0 Å². The number of hydrogen-bond acceptors (Lipinski definition) is 6. The predicted octanol–water partition coefficient (Wildman–Crippen LogP) is 7.41. The van der Waals surface area contributed by atoms with E-state index in [1.807, 2.05) is 31.2 Å². The summed E-state index contributed by atoms with van der Waals surface area (Å²) < 4.78 is 40.2. The highest BCUT2D eigenvalue weighted by atomic mass is 32.7. The maximum Gasteiger partial charge on any atom is 0.441 e. The molecule has 0 radical (unpaired) electrons. The highest BCUT2D eigenvalue weighted by molar-refractivity contribution is 8.55. The van der Waals surface area contributed by atoms with Gasteiger partial charge in [-0.05, 0) is 60.1 Å². The Morgan fingerprint density at radius 1 is 1.09 bits per heavy atom. The second-order valence-electron chi connectivity index (χ2n) is 7.75. The van der Waals surface area contributed by atoms with Crippen molar-refractivity contribution >= 4 is 40.7 Å². The minimum Gasteiger partial charge on any atom is -0.417 e. The molecule has 1 aromatic heterocycles. The third kappa shape index (κ3) is 5.37. The summed E-state index contributed by atoms with van der Waals surface area (Å²) in [5, 5.41) is 0.713. The molecule has 0 saturated heterocycles. The molecule has 2 atom stereocenters. The Labute approximate surface area is 196 Å². The zero-order valence-electron chi connectivity index (χ0n) is 18.5. The molecule has 0 spiro atoms. The fourth-order valence-electron chi connectivity index (χ4n) is 3.60. The van der Waals surface area contributed by atoms with Crippen molar-refractivity contribution in [2.75, 3.05) is 5.75 Å². The van der Waals surface area contributed by atoms with E-state index < -0.39 is 24.5 Å². The molecular formula is C25H25FNO4PS. The van der Waals surface area contributed by atoms with Crippen molar-refractivity contribution in [2.24, 2.45) is 0 Å². The first-order chi connectivity index (χ1) is 15.9. The summed E-state index contributed by atoms with van der Waals surface area (Å²) in [6.07, 6.45) is 2.22. The van der Waals surface area contributed by atoms with Gasteiger partial charge in [0.1, 0.15) is 17.3 Å². The molecule has 0 fully saturated rings. The molecule has 0 amide bonds. The van der Waals surface area contributed by atoms with Gasteiger partial charge >= 0.3 is 6.80 Å². The number of aryl methyl sites for hydroxylation is 1. The monoisotopic (exact) mass is 485 g/mol. The van der Waals surface area contributed by atoms with E-state index >= 15 is 0 Å². The summed E-state index contributed by atoms with van der Waals surface area (Å²) in [6, 6.07) is 16.1. The smallest absolute Gasteiger partial charge is 0.417 e. The Morgan fingerprint density at radius 2 is 1.91 bits per heavy atom. The van der Waals surface area contributed by atoms with E-state index in [1.54, 1.807) is 30.3 Å². The Kier molecular flexibility index (Phi) is 7.32. The van der Waals surface area contributed by atoms with Crippen LogP contribution in [0.15, 0.2) is 60.7 Å². The van der Waals surface area contributed by atoms with E-state index in [-0.39, 0.29) is 11.3 Å². The van der Waals surface area contributed by atoms with E-state index in [2.05, 4.69) is 11.9 Å².